The average molecular weight is 191 g/mol. The molecule has 1 heterocycles. The van der Waals surface area contributed by atoms with Gasteiger partial charge in [-0.05, 0) is 19.1 Å². The van der Waals surface area contributed by atoms with Crippen LogP contribution < -0.4 is 4.74 Å². The number of pyridine rings is 1. The Balaban J connectivity index is 2.61. The Kier molecular flexibility index (Phi) is 2.75. The van der Waals surface area contributed by atoms with Gasteiger partial charge in [-0.1, -0.05) is 0 Å². The van der Waals surface area contributed by atoms with Gasteiger partial charge in [0.15, 0.2) is 6.10 Å². The van der Waals surface area contributed by atoms with Gasteiger partial charge in [-0.2, -0.15) is 13.2 Å². The molecule has 0 saturated carbocycles. The molecule has 1 aromatic heterocycles. The van der Waals surface area contributed by atoms with E-state index in [0.717, 1.165) is 6.92 Å². The number of hydrogen-bond donors (Lipinski definition) is 0. The molecule has 0 saturated heterocycles. The van der Waals surface area contributed by atoms with E-state index in [9.17, 15) is 13.2 Å². The Bertz CT molecular complexity index is 260. The van der Waals surface area contributed by atoms with E-state index in [4.69, 9.17) is 0 Å². The quantitative estimate of drug-likeness (QED) is 0.716. The lowest BCUT2D eigenvalue weighted by Gasteiger charge is -2.16. The molecule has 0 aliphatic rings. The van der Waals surface area contributed by atoms with Crippen LogP contribution in [0.25, 0.3) is 0 Å². The molecule has 2 nitrogen and oxygen atoms in total. The maximum atomic E-state index is 12.0. The molecule has 0 radical (unpaired) electrons. The highest BCUT2D eigenvalue weighted by atomic mass is 19.4. The third kappa shape index (κ3) is 2.93. The Morgan fingerprint density at radius 3 is 2.62 bits per heavy atom. The molecule has 0 spiro atoms. The topological polar surface area (TPSA) is 22.1 Å². The fourth-order valence-corrected chi connectivity index (χ4v) is 0.688. The third-order valence-corrected chi connectivity index (χ3v) is 1.41. The summed E-state index contributed by atoms with van der Waals surface area (Å²) < 4.78 is 40.6. The number of nitrogens with zero attached hydrogens (tertiary/aromatic N) is 1. The van der Waals surface area contributed by atoms with Crippen molar-refractivity contribution in [3.05, 3.63) is 24.5 Å². The van der Waals surface area contributed by atoms with Gasteiger partial charge in [-0.15, -0.1) is 0 Å². The molecule has 0 aromatic carbocycles. The van der Waals surface area contributed by atoms with Gasteiger partial charge in [-0.25, -0.2) is 0 Å². The van der Waals surface area contributed by atoms with Gasteiger partial charge >= 0.3 is 6.18 Å². The van der Waals surface area contributed by atoms with E-state index in [-0.39, 0.29) is 5.75 Å². The van der Waals surface area contributed by atoms with Gasteiger partial charge in [0.1, 0.15) is 5.75 Å². The zero-order valence-electron chi connectivity index (χ0n) is 6.88. The minimum absolute atomic E-state index is 0.118. The van der Waals surface area contributed by atoms with E-state index in [1.807, 2.05) is 0 Å². The minimum Gasteiger partial charge on any atom is -0.480 e. The van der Waals surface area contributed by atoms with E-state index in [1.54, 1.807) is 0 Å². The van der Waals surface area contributed by atoms with Crippen LogP contribution in [0.2, 0.25) is 0 Å². The first-order chi connectivity index (χ1) is 6.00. The zero-order valence-corrected chi connectivity index (χ0v) is 6.88. The molecular formula is C8H8F3NO. The maximum Gasteiger partial charge on any atom is 0.425 e. The molecule has 0 aliphatic heterocycles. The predicted octanol–water partition coefficient (Wildman–Crippen LogP) is 2.41. The largest absolute Gasteiger partial charge is 0.480 e. The molecule has 0 amide bonds. The van der Waals surface area contributed by atoms with E-state index in [2.05, 4.69) is 9.72 Å². The summed E-state index contributed by atoms with van der Waals surface area (Å²) in [4.78, 5) is 3.63. The van der Waals surface area contributed by atoms with Gasteiger partial charge in [-0.3, -0.25) is 4.98 Å². The molecule has 0 bridgehead atoms. The lowest BCUT2D eigenvalue weighted by molar-refractivity contribution is -0.189. The van der Waals surface area contributed by atoms with Crippen LogP contribution in [0.1, 0.15) is 6.92 Å². The first-order valence-electron chi connectivity index (χ1n) is 3.63. The predicted molar refractivity (Wildman–Crippen MR) is 40.4 cm³/mol. The van der Waals surface area contributed by atoms with Crippen molar-refractivity contribution >= 4 is 0 Å². The van der Waals surface area contributed by atoms with E-state index in [1.165, 1.54) is 24.5 Å². The number of ether oxygens (including phenoxy) is 1. The highest BCUT2D eigenvalue weighted by Gasteiger charge is 2.37. The molecule has 1 rings (SSSR count). The maximum absolute atomic E-state index is 12.0. The van der Waals surface area contributed by atoms with Crippen molar-refractivity contribution in [2.75, 3.05) is 0 Å². The molecule has 72 valence electrons. The molecule has 1 aromatic rings. The summed E-state index contributed by atoms with van der Waals surface area (Å²) in [6.45, 7) is 0.951. The number of halogens is 3. The highest BCUT2D eigenvalue weighted by molar-refractivity contribution is 5.15. The molecule has 13 heavy (non-hydrogen) atoms. The van der Waals surface area contributed by atoms with Crippen molar-refractivity contribution in [2.24, 2.45) is 0 Å². The number of aromatic nitrogens is 1. The SMILES string of the molecule is CC(Oc1cccnc1)C(F)(F)F. The lowest BCUT2D eigenvalue weighted by atomic mass is 10.4. The van der Waals surface area contributed by atoms with Crippen molar-refractivity contribution < 1.29 is 17.9 Å². The van der Waals surface area contributed by atoms with E-state index >= 15 is 0 Å². The van der Waals surface area contributed by atoms with Gasteiger partial charge < -0.3 is 4.74 Å². The summed E-state index contributed by atoms with van der Waals surface area (Å²) in [6, 6.07) is 2.94. The van der Waals surface area contributed by atoms with Crippen LogP contribution in [0, 0.1) is 0 Å². The van der Waals surface area contributed by atoms with Crippen LogP contribution in [0.3, 0.4) is 0 Å². The van der Waals surface area contributed by atoms with Crippen LogP contribution in [-0.4, -0.2) is 17.3 Å². The summed E-state index contributed by atoms with van der Waals surface area (Å²) in [5.74, 6) is 0.118. The van der Waals surface area contributed by atoms with Crippen LogP contribution in [0.4, 0.5) is 13.2 Å². The second-order valence-corrected chi connectivity index (χ2v) is 2.49. The van der Waals surface area contributed by atoms with Crippen LogP contribution in [-0.2, 0) is 0 Å². The number of alkyl halides is 3. The molecule has 1 unspecified atom stereocenters. The van der Waals surface area contributed by atoms with Crippen molar-refractivity contribution in [3.8, 4) is 5.75 Å². The summed E-state index contributed by atoms with van der Waals surface area (Å²) in [5, 5.41) is 0. The molecule has 1 atom stereocenters. The van der Waals surface area contributed by atoms with Crippen LogP contribution in [0.5, 0.6) is 5.75 Å². The Morgan fingerprint density at radius 1 is 1.46 bits per heavy atom. The normalized spacial score (nSPS) is 13.8. The van der Waals surface area contributed by atoms with Crippen LogP contribution in [0.15, 0.2) is 24.5 Å². The molecule has 0 N–H and O–H groups in total. The van der Waals surface area contributed by atoms with Gasteiger partial charge in [0.05, 0.1) is 6.20 Å². The summed E-state index contributed by atoms with van der Waals surface area (Å²) in [5.41, 5.74) is 0. The number of hydrogen-bond acceptors (Lipinski definition) is 2. The first kappa shape index (κ1) is 9.83. The Hall–Kier alpha value is -1.26. The Morgan fingerprint density at radius 2 is 2.15 bits per heavy atom. The average Bonchev–Trinajstić information content (AvgIpc) is 2.04. The second-order valence-electron chi connectivity index (χ2n) is 2.49. The summed E-state index contributed by atoms with van der Waals surface area (Å²) in [7, 11) is 0. The standard InChI is InChI=1S/C8H8F3NO/c1-6(8(9,10)11)13-7-3-2-4-12-5-7/h2-6H,1H3. The monoisotopic (exact) mass is 191 g/mol. The first-order valence-corrected chi connectivity index (χ1v) is 3.63. The highest BCUT2D eigenvalue weighted by Crippen LogP contribution is 2.23. The molecular weight excluding hydrogens is 183 g/mol. The summed E-state index contributed by atoms with van der Waals surface area (Å²) in [6.07, 6.45) is -3.44. The smallest absolute Gasteiger partial charge is 0.425 e. The molecule has 0 aliphatic carbocycles. The lowest BCUT2D eigenvalue weighted by Crippen LogP contribution is -2.31. The van der Waals surface area contributed by atoms with Crippen molar-refractivity contribution in [1.82, 2.24) is 4.98 Å². The van der Waals surface area contributed by atoms with Crippen molar-refractivity contribution in [2.45, 2.75) is 19.2 Å². The van der Waals surface area contributed by atoms with Gasteiger partial charge in [0, 0.05) is 6.20 Å². The van der Waals surface area contributed by atoms with E-state index in [0.29, 0.717) is 0 Å². The zero-order chi connectivity index (χ0) is 9.90. The third-order valence-electron chi connectivity index (χ3n) is 1.41. The van der Waals surface area contributed by atoms with Gasteiger partial charge in [0.25, 0.3) is 0 Å². The fourth-order valence-electron chi connectivity index (χ4n) is 0.688. The summed E-state index contributed by atoms with van der Waals surface area (Å²) >= 11 is 0. The fraction of sp³-hybridized carbons (Fsp3) is 0.375. The van der Waals surface area contributed by atoms with E-state index < -0.39 is 12.3 Å². The second kappa shape index (κ2) is 3.64. The molecule has 0 fully saturated rings. The minimum atomic E-state index is -4.34. The van der Waals surface area contributed by atoms with Gasteiger partial charge in [0.2, 0.25) is 0 Å². The Labute approximate surface area is 73.4 Å². The number of rotatable bonds is 2. The molecule has 5 heteroatoms. The van der Waals surface area contributed by atoms with Crippen molar-refractivity contribution in [3.63, 3.8) is 0 Å². The van der Waals surface area contributed by atoms with Crippen LogP contribution >= 0.6 is 0 Å². The van der Waals surface area contributed by atoms with Crippen molar-refractivity contribution in [1.29, 1.82) is 0 Å².